The molecule has 0 spiro atoms. The smallest absolute Gasteiger partial charge is 0.315 e. The lowest BCUT2D eigenvalue weighted by Crippen LogP contribution is -2.41. The van der Waals surface area contributed by atoms with E-state index in [9.17, 15) is 4.79 Å². The third-order valence-corrected chi connectivity index (χ3v) is 3.91. The minimum Gasteiger partial charge on any atom is -0.315 e. The van der Waals surface area contributed by atoms with Gasteiger partial charge in [-0.1, -0.05) is 6.07 Å². The van der Waals surface area contributed by atoms with Crippen LogP contribution in [-0.2, 0) is 13.1 Å². The van der Waals surface area contributed by atoms with Crippen LogP contribution >= 0.6 is 0 Å². The minimum absolute atomic E-state index is 0.143. The summed E-state index contributed by atoms with van der Waals surface area (Å²) in [5, 5.41) is 11.3. The van der Waals surface area contributed by atoms with Crippen molar-refractivity contribution in [3.63, 3.8) is 0 Å². The Hall–Kier alpha value is -2.44. The summed E-state index contributed by atoms with van der Waals surface area (Å²) in [5.74, 6) is 3.11. The van der Waals surface area contributed by atoms with Crippen molar-refractivity contribution in [2.45, 2.75) is 31.8 Å². The molecule has 4 rings (SSSR count). The Bertz CT molecular complexity index is 663. The molecule has 3 heterocycles. The molecule has 1 saturated carbocycles. The summed E-state index contributed by atoms with van der Waals surface area (Å²) >= 11 is 0. The molecular weight excluding hydrogens is 268 g/mol. The van der Waals surface area contributed by atoms with Crippen LogP contribution in [0.4, 0.5) is 10.6 Å². The summed E-state index contributed by atoms with van der Waals surface area (Å²) in [6.45, 7) is 1.94. The Morgan fingerprint density at radius 1 is 1.24 bits per heavy atom. The summed E-state index contributed by atoms with van der Waals surface area (Å²) < 4.78 is 2.17. The quantitative estimate of drug-likeness (QED) is 0.908. The zero-order chi connectivity index (χ0) is 14.2. The fourth-order valence-corrected chi connectivity index (χ4v) is 2.62. The second-order valence-corrected chi connectivity index (χ2v) is 5.47. The van der Waals surface area contributed by atoms with Crippen molar-refractivity contribution in [1.29, 1.82) is 0 Å². The van der Waals surface area contributed by atoms with Crippen molar-refractivity contribution in [2.24, 2.45) is 0 Å². The molecule has 2 aliphatic rings. The fraction of sp³-hybridized carbons (Fsp3) is 0.429. The van der Waals surface area contributed by atoms with E-state index in [4.69, 9.17) is 0 Å². The molecular formula is C14H16N6O. The van der Waals surface area contributed by atoms with Gasteiger partial charge in [0.15, 0.2) is 5.82 Å². The number of carbonyl (C=O) groups is 1. The van der Waals surface area contributed by atoms with Gasteiger partial charge in [0.1, 0.15) is 11.6 Å². The van der Waals surface area contributed by atoms with E-state index in [1.807, 2.05) is 12.1 Å². The SMILES string of the molecule is O=C(Nc1ccccn1)N1CCn2c(nnc2C2CC2)C1. The standard InChI is InChI=1S/C14H16N6O/c21-14(16-11-3-1-2-6-15-11)19-7-8-20-12(9-19)17-18-13(20)10-4-5-10/h1-3,6,10H,4-5,7-9H2,(H,15,16,21). The van der Waals surface area contributed by atoms with E-state index in [0.29, 0.717) is 24.8 Å². The molecule has 1 aliphatic carbocycles. The lowest BCUT2D eigenvalue weighted by atomic mass is 10.3. The van der Waals surface area contributed by atoms with Gasteiger partial charge in [0.2, 0.25) is 0 Å². The normalized spacial score (nSPS) is 17.4. The Morgan fingerprint density at radius 3 is 2.90 bits per heavy atom. The highest BCUT2D eigenvalue weighted by Gasteiger charge is 2.32. The maximum Gasteiger partial charge on any atom is 0.323 e. The number of anilines is 1. The Morgan fingerprint density at radius 2 is 2.14 bits per heavy atom. The number of urea groups is 1. The monoisotopic (exact) mass is 284 g/mol. The molecule has 1 N–H and O–H groups in total. The summed E-state index contributed by atoms with van der Waals surface area (Å²) in [5.41, 5.74) is 0. The number of aromatic nitrogens is 4. The van der Waals surface area contributed by atoms with Crippen LogP contribution in [0, 0.1) is 0 Å². The van der Waals surface area contributed by atoms with Gasteiger partial charge in [-0.15, -0.1) is 10.2 Å². The van der Waals surface area contributed by atoms with Gasteiger partial charge in [0, 0.05) is 25.2 Å². The first-order valence-corrected chi connectivity index (χ1v) is 7.20. The first-order valence-electron chi connectivity index (χ1n) is 7.20. The molecule has 1 fully saturated rings. The van der Waals surface area contributed by atoms with E-state index in [-0.39, 0.29) is 6.03 Å². The van der Waals surface area contributed by atoms with Crippen molar-refractivity contribution in [3.05, 3.63) is 36.0 Å². The number of fused-ring (bicyclic) bond motifs is 1. The molecule has 7 nitrogen and oxygen atoms in total. The van der Waals surface area contributed by atoms with Gasteiger partial charge in [0.25, 0.3) is 0 Å². The molecule has 0 saturated heterocycles. The van der Waals surface area contributed by atoms with E-state index in [1.165, 1.54) is 12.8 Å². The molecule has 2 amide bonds. The fourth-order valence-electron chi connectivity index (χ4n) is 2.62. The van der Waals surface area contributed by atoms with Crippen LogP contribution in [0.15, 0.2) is 24.4 Å². The summed E-state index contributed by atoms with van der Waals surface area (Å²) in [6.07, 6.45) is 4.08. The molecule has 2 aromatic heterocycles. The molecule has 0 unspecified atom stereocenters. The average Bonchev–Trinajstić information content (AvgIpc) is 3.27. The number of hydrogen-bond acceptors (Lipinski definition) is 4. The van der Waals surface area contributed by atoms with Crippen LogP contribution in [0.25, 0.3) is 0 Å². The van der Waals surface area contributed by atoms with Crippen molar-refractivity contribution in [3.8, 4) is 0 Å². The molecule has 0 aromatic carbocycles. The van der Waals surface area contributed by atoms with Crippen molar-refractivity contribution in [1.82, 2.24) is 24.6 Å². The highest BCUT2D eigenvalue weighted by atomic mass is 16.2. The van der Waals surface area contributed by atoms with Gasteiger partial charge in [-0.25, -0.2) is 9.78 Å². The van der Waals surface area contributed by atoms with E-state index in [0.717, 1.165) is 18.2 Å². The molecule has 0 bridgehead atoms. The van der Waals surface area contributed by atoms with Gasteiger partial charge in [-0.2, -0.15) is 0 Å². The zero-order valence-corrected chi connectivity index (χ0v) is 11.6. The van der Waals surface area contributed by atoms with Crippen LogP contribution in [0.5, 0.6) is 0 Å². The van der Waals surface area contributed by atoms with Gasteiger partial charge < -0.3 is 9.47 Å². The van der Waals surface area contributed by atoms with Crippen LogP contribution in [0.2, 0.25) is 0 Å². The summed E-state index contributed by atoms with van der Waals surface area (Å²) in [4.78, 5) is 18.1. The number of carbonyl (C=O) groups excluding carboxylic acids is 1. The highest BCUT2D eigenvalue weighted by Crippen LogP contribution is 2.39. The van der Waals surface area contributed by atoms with Gasteiger partial charge >= 0.3 is 6.03 Å². The second kappa shape index (κ2) is 4.83. The van der Waals surface area contributed by atoms with Gasteiger partial charge in [-0.3, -0.25) is 5.32 Å². The van der Waals surface area contributed by atoms with Gasteiger partial charge in [-0.05, 0) is 25.0 Å². The van der Waals surface area contributed by atoms with Crippen molar-refractivity contribution in [2.75, 3.05) is 11.9 Å². The number of pyridine rings is 1. The lowest BCUT2D eigenvalue weighted by Gasteiger charge is -2.27. The molecule has 0 radical (unpaired) electrons. The van der Waals surface area contributed by atoms with Crippen LogP contribution in [0.3, 0.4) is 0 Å². The molecule has 21 heavy (non-hydrogen) atoms. The first-order chi connectivity index (χ1) is 10.3. The third kappa shape index (κ3) is 2.35. The Labute approximate surface area is 122 Å². The molecule has 7 heteroatoms. The third-order valence-electron chi connectivity index (χ3n) is 3.91. The number of nitrogens with one attached hydrogen (secondary N) is 1. The zero-order valence-electron chi connectivity index (χ0n) is 11.6. The van der Waals surface area contributed by atoms with E-state index < -0.39 is 0 Å². The topological polar surface area (TPSA) is 75.9 Å². The van der Waals surface area contributed by atoms with Crippen LogP contribution < -0.4 is 5.32 Å². The number of nitrogens with zero attached hydrogens (tertiary/aromatic N) is 5. The van der Waals surface area contributed by atoms with Crippen LogP contribution in [0.1, 0.15) is 30.4 Å². The maximum absolute atomic E-state index is 12.2. The molecule has 0 atom stereocenters. The predicted octanol–water partition coefficient (Wildman–Crippen LogP) is 1.60. The van der Waals surface area contributed by atoms with E-state index in [2.05, 4.69) is 25.1 Å². The highest BCUT2D eigenvalue weighted by molar-refractivity contribution is 5.88. The largest absolute Gasteiger partial charge is 0.323 e. The number of rotatable bonds is 2. The molecule has 108 valence electrons. The second-order valence-electron chi connectivity index (χ2n) is 5.47. The van der Waals surface area contributed by atoms with Crippen molar-refractivity contribution >= 4 is 11.8 Å². The molecule has 1 aliphatic heterocycles. The number of amides is 2. The van der Waals surface area contributed by atoms with Crippen LogP contribution in [-0.4, -0.2) is 37.2 Å². The van der Waals surface area contributed by atoms with E-state index >= 15 is 0 Å². The average molecular weight is 284 g/mol. The van der Waals surface area contributed by atoms with Crippen molar-refractivity contribution < 1.29 is 4.79 Å². The Kier molecular flexibility index (Phi) is 2.83. The van der Waals surface area contributed by atoms with Gasteiger partial charge in [0.05, 0.1) is 6.54 Å². The lowest BCUT2D eigenvalue weighted by molar-refractivity contribution is 0.195. The van der Waals surface area contributed by atoms with E-state index in [1.54, 1.807) is 17.2 Å². The summed E-state index contributed by atoms with van der Waals surface area (Å²) in [7, 11) is 0. The number of hydrogen-bond donors (Lipinski definition) is 1. The maximum atomic E-state index is 12.2. The predicted molar refractivity (Wildman–Crippen MR) is 75.7 cm³/mol. The summed E-state index contributed by atoms with van der Waals surface area (Å²) in [6, 6.07) is 5.29. The first kappa shape index (κ1) is 12.3. The Balaban J connectivity index is 1.46. The minimum atomic E-state index is -0.143. The molecule has 2 aromatic rings.